The monoisotopic (exact) mass is 227 g/mol. The Labute approximate surface area is 79.0 Å². The summed E-state index contributed by atoms with van der Waals surface area (Å²) in [5.74, 6) is -0.279. The quantitative estimate of drug-likeness (QED) is 0.677. The number of benzene rings is 1. The molecule has 1 rings (SSSR count). The van der Waals surface area contributed by atoms with Crippen LogP contribution < -0.4 is 0 Å². The Bertz CT molecular complexity index is 328. The first-order valence-corrected chi connectivity index (χ1v) is 4.40. The molecule has 0 aliphatic heterocycles. The summed E-state index contributed by atoms with van der Waals surface area (Å²) in [5.41, 5.74) is 1.01. The number of nitrogens with zero attached hydrogens (tertiary/aromatic N) is 1. The number of alkyl halides is 1. The Morgan fingerprint density at radius 2 is 2.25 bits per heavy atom. The van der Waals surface area contributed by atoms with Gasteiger partial charge in [-0.05, 0) is 25.1 Å². The summed E-state index contributed by atoms with van der Waals surface area (Å²) in [6.45, 7) is 1.82. The lowest BCUT2D eigenvalue weighted by Gasteiger charge is -2.04. The van der Waals surface area contributed by atoms with Crippen LogP contribution in [0, 0.1) is 17.1 Å². The van der Waals surface area contributed by atoms with Crippen LogP contribution in [0.4, 0.5) is 4.39 Å². The summed E-state index contributed by atoms with van der Waals surface area (Å²) in [6.07, 6.45) is 0. The van der Waals surface area contributed by atoms with Gasteiger partial charge in [-0.1, -0.05) is 15.9 Å². The molecule has 1 nitrogen and oxygen atoms in total. The van der Waals surface area contributed by atoms with Crippen molar-refractivity contribution in [2.24, 2.45) is 0 Å². The molecule has 0 aliphatic carbocycles. The van der Waals surface area contributed by atoms with Crippen LogP contribution in [0.5, 0.6) is 0 Å². The third kappa shape index (κ3) is 1.83. The third-order valence-electron chi connectivity index (χ3n) is 1.55. The van der Waals surface area contributed by atoms with E-state index in [1.807, 2.05) is 13.0 Å². The Morgan fingerprint density at radius 1 is 1.58 bits per heavy atom. The Morgan fingerprint density at radius 3 is 2.75 bits per heavy atom. The minimum Gasteiger partial charge on any atom is -0.207 e. The molecule has 12 heavy (non-hydrogen) atoms. The van der Waals surface area contributed by atoms with Crippen molar-refractivity contribution in [2.45, 2.75) is 11.8 Å². The SMILES string of the molecule is CC(Br)c1cc(C#N)ccc1F. The van der Waals surface area contributed by atoms with E-state index in [1.54, 1.807) is 6.07 Å². The van der Waals surface area contributed by atoms with Gasteiger partial charge in [-0.2, -0.15) is 5.26 Å². The highest BCUT2D eigenvalue weighted by molar-refractivity contribution is 9.09. The fourth-order valence-electron chi connectivity index (χ4n) is 0.918. The van der Waals surface area contributed by atoms with Crippen molar-refractivity contribution in [1.29, 1.82) is 5.26 Å². The second kappa shape index (κ2) is 3.68. The Hall–Kier alpha value is -0.880. The minimum atomic E-state index is -0.279. The van der Waals surface area contributed by atoms with Gasteiger partial charge in [-0.25, -0.2) is 4.39 Å². The van der Waals surface area contributed by atoms with Crippen LogP contribution >= 0.6 is 15.9 Å². The average molecular weight is 228 g/mol. The molecule has 1 aromatic carbocycles. The Balaban J connectivity index is 3.19. The molecule has 1 aromatic rings. The molecule has 0 amide bonds. The zero-order valence-electron chi connectivity index (χ0n) is 6.51. The molecule has 0 saturated carbocycles. The Kier molecular flexibility index (Phi) is 2.83. The van der Waals surface area contributed by atoms with E-state index in [2.05, 4.69) is 15.9 Å². The summed E-state index contributed by atoms with van der Waals surface area (Å²) in [5, 5.41) is 8.55. The highest BCUT2D eigenvalue weighted by Crippen LogP contribution is 2.24. The van der Waals surface area contributed by atoms with Crippen molar-refractivity contribution in [3.05, 3.63) is 35.1 Å². The van der Waals surface area contributed by atoms with Crippen LogP contribution in [-0.2, 0) is 0 Å². The zero-order valence-corrected chi connectivity index (χ0v) is 8.10. The lowest BCUT2D eigenvalue weighted by atomic mass is 10.1. The van der Waals surface area contributed by atoms with Crippen molar-refractivity contribution >= 4 is 15.9 Å². The normalized spacial score (nSPS) is 12.2. The largest absolute Gasteiger partial charge is 0.207 e. The van der Waals surface area contributed by atoms with Gasteiger partial charge in [-0.15, -0.1) is 0 Å². The number of nitriles is 1. The molecule has 1 unspecified atom stereocenters. The zero-order chi connectivity index (χ0) is 9.14. The predicted octanol–water partition coefficient (Wildman–Crippen LogP) is 3.15. The molecule has 0 N–H and O–H groups in total. The van der Waals surface area contributed by atoms with Gasteiger partial charge in [0.25, 0.3) is 0 Å². The summed E-state index contributed by atoms with van der Waals surface area (Å²) >= 11 is 3.25. The molecule has 0 spiro atoms. The van der Waals surface area contributed by atoms with Gasteiger partial charge in [0.05, 0.1) is 11.6 Å². The van der Waals surface area contributed by atoms with Gasteiger partial charge >= 0.3 is 0 Å². The van der Waals surface area contributed by atoms with E-state index in [9.17, 15) is 4.39 Å². The maximum Gasteiger partial charge on any atom is 0.127 e. The second-order valence-electron chi connectivity index (χ2n) is 2.46. The molecule has 0 bridgehead atoms. The van der Waals surface area contributed by atoms with Crippen molar-refractivity contribution in [3.8, 4) is 6.07 Å². The van der Waals surface area contributed by atoms with E-state index in [0.717, 1.165) is 0 Å². The van der Waals surface area contributed by atoms with Crippen LogP contribution in [0.2, 0.25) is 0 Å². The van der Waals surface area contributed by atoms with Crippen molar-refractivity contribution < 1.29 is 4.39 Å². The molecule has 0 radical (unpaired) electrons. The highest BCUT2D eigenvalue weighted by Gasteiger charge is 2.07. The summed E-state index contributed by atoms with van der Waals surface area (Å²) in [7, 11) is 0. The van der Waals surface area contributed by atoms with Crippen LogP contribution in [0.3, 0.4) is 0 Å². The molecule has 0 saturated heterocycles. The fraction of sp³-hybridized carbons (Fsp3) is 0.222. The van der Waals surface area contributed by atoms with Crippen molar-refractivity contribution in [2.75, 3.05) is 0 Å². The van der Waals surface area contributed by atoms with Gasteiger partial charge in [0.2, 0.25) is 0 Å². The lowest BCUT2D eigenvalue weighted by Crippen LogP contribution is -1.90. The summed E-state index contributed by atoms with van der Waals surface area (Å²) < 4.78 is 13.0. The molecule has 0 heterocycles. The third-order valence-corrected chi connectivity index (χ3v) is 2.05. The van der Waals surface area contributed by atoms with E-state index in [4.69, 9.17) is 5.26 Å². The van der Waals surface area contributed by atoms with Crippen LogP contribution in [0.1, 0.15) is 22.9 Å². The maximum atomic E-state index is 13.0. The predicted molar refractivity (Wildman–Crippen MR) is 48.5 cm³/mol. The van der Waals surface area contributed by atoms with Crippen molar-refractivity contribution in [3.63, 3.8) is 0 Å². The van der Waals surface area contributed by atoms with Gasteiger partial charge in [-0.3, -0.25) is 0 Å². The summed E-state index contributed by atoms with van der Waals surface area (Å²) in [4.78, 5) is -0.0641. The second-order valence-corrected chi connectivity index (χ2v) is 3.84. The van der Waals surface area contributed by atoms with Gasteiger partial charge < -0.3 is 0 Å². The van der Waals surface area contributed by atoms with Crippen LogP contribution in [0.15, 0.2) is 18.2 Å². The minimum absolute atomic E-state index is 0.0641. The van der Waals surface area contributed by atoms with Crippen LogP contribution in [-0.4, -0.2) is 0 Å². The first kappa shape index (κ1) is 9.21. The first-order valence-electron chi connectivity index (χ1n) is 3.48. The molecular formula is C9H7BrFN. The molecule has 3 heteroatoms. The number of hydrogen-bond acceptors (Lipinski definition) is 1. The summed E-state index contributed by atoms with van der Waals surface area (Å²) in [6, 6.07) is 6.29. The maximum absolute atomic E-state index is 13.0. The fourth-order valence-corrected chi connectivity index (χ4v) is 1.27. The van der Waals surface area contributed by atoms with E-state index in [-0.39, 0.29) is 10.6 Å². The number of rotatable bonds is 1. The highest BCUT2D eigenvalue weighted by atomic mass is 79.9. The van der Waals surface area contributed by atoms with E-state index < -0.39 is 0 Å². The lowest BCUT2D eigenvalue weighted by molar-refractivity contribution is 0.611. The van der Waals surface area contributed by atoms with E-state index >= 15 is 0 Å². The standard InChI is InChI=1S/C9H7BrFN/c1-6(10)8-4-7(5-12)2-3-9(8)11/h2-4,6H,1H3. The van der Waals surface area contributed by atoms with E-state index in [0.29, 0.717) is 11.1 Å². The van der Waals surface area contributed by atoms with E-state index in [1.165, 1.54) is 12.1 Å². The molecule has 0 aliphatic rings. The molecule has 0 fully saturated rings. The van der Waals surface area contributed by atoms with Crippen molar-refractivity contribution in [1.82, 2.24) is 0 Å². The van der Waals surface area contributed by atoms with Gasteiger partial charge in [0, 0.05) is 10.4 Å². The van der Waals surface area contributed by atoms with Gasteiger partial charge in [0.1, 0.15) is 5.82 Å². The topological polar surface area (TPSA) is 23.8 Å². The molecule has 62 valence electrons. The smallest absolute Gasteiger partial charge is 0.127 e. The first-order chi connectivity index (χ1) is 5.65. The average Bonchev–Trinajstić information content (AvgIpc) is 2.05. The molecular weight excluding hydrogens is 221 g/mol. The van der Waals surface area contributed by atoms with Gasteiger partial charge in [0.15, 0.2) is 0 Å². The number of halogens is 2. The van der Waals surface area contributed by atoms with Crippen LogP contribution in [0.25, 0.3) is 0 Å². The molecule has 1 atom stereocenters. The molecule has 0 aromatic heterocycles. The number of hydrogen-bond donors (Lipinski definition) is 0.